The lowest BCUT2D eigenvalue weighted by atomic mass is 10.1. The van der Waals surface area contributed by atoms with E-state index in [4.69, 9.17) is 16.3 Å². The molecule has 0 saturated carbocycles. The standard InChI is InChI=1S/C12H15ClFNO/c13-9-10-11(14)3-1-4-12(10)15-5-2-7-16-8-6-15/h1,3-4H,2,5-9H2. The number of halogens is 2. The van der Waals surface area contributed by atoms with Crippen molar-refractivity contribution in [3.63, 3.8) is 0 Å². The molecule has 2 nitrogen and oxygen atoms in total. The summed E-state index contributed by atoms with van der Waals surface area (Å²) in [6.45, 7) is 3.17. The molecule has 1 heterocycles. The average Bonchev–Trinajstić information content (AvgIpc) is 2.57. The van der Waals surface area contributed by atoms with Gasteiger partial charge in [0.25, 0.3) is 0 Å². The molecule has 0 unspecified atom stereocenters. The highest BCUT2D eigenvalue weighted by molar-refractivity contribution is 6.17. The third-order valence-corrected chi connectivity index (χ3v) is 3.06. The van der Waals surface area contributed by atoms with Crippen LogP contribution in [0.15, 0.2) is 18.2 Å². The monoisotopic (exact) mass is 243 g/mol. The molecule has 16 heavy (non-hydrogen) atoms. The van der Waals surface area contributed by atoms with Crippen LogP contribution in [0.2, 0.25) is 0 Å². The minimum Gasteiger partial charge on any atom is -0.380 e. The highest BCUT2D eigenvalue weighted by Gasteiger charge is 2.15. The van der Waals surface area contributed by atoms with E-state index in [2.05, 4.69) is 4.90 Å². The molecule has 1 fully saturated rings. The second-order valence-electron chi connectivity index (χ2n) is 3.82. The third kappa shape index (κ3) is 2.47. The molecule has 1 aliphatic rings. The Bertz CT molecular complexity index is 351. The van der Waals surface area contributed by atoms with Gasteiger partial charge in [-0.1, -0.05) is 6.07 Å². The summed E-state index contributed by atoms with van der Waals surface area (Å²) in [4.78, 5) is 2.15. The van der Waals surface area contributed by atoms with Crippen LogP contribution < -0.4 is 4.90 Å². The molecule has 0 amide bonds. The molecule has 0 radical (unpaired) electrons. The summed E-state index contributed by atoms with van der Waals surface area (Å²) in [5, 5.41) is 0. The molecule has 1 aliphatic heterocycles. The van der Waals surface area contributed by atoms with Gasteiger partial charge in [0.2, 0.25) is 0 Å². The Morgan fingerprint density at radius 3 is 3.00 bits per heavy atom. The zero-order valence-corrected chi connectivity index (χ0v) is 9.84. The van der Waals surface area contributed by atoms with Gasteiger partial charge in [-0.15, -0.1) is 11.6 Å². The fourth-order valence-electron chi connectivity index (χ4n) is 1.96. The SMILES string of the molecule is Fc1cccc(N2CCCOCC2)c1CCl. The van der Waals surface area contributed by atoms with Crippen molar-refractivity contribution in [3.05, 3.63) is 29.6 Å². The summed E-state index contributed by atoms with van der Waals surface area (Å²) in [6, 6.07) is 5.11. The quantitative estimate of drug-likeness (QED) is 0.741. The average molecular weight is 244 g/mol. The fraction of sp³-hybridized carbons (Fsp3) is 0.500. The van der Waals surface area contributed by atoms with E-state index in [0.717, 1.165) is 31.8 Å². The second kappa shape index (κ2) is 5.51. The smallest absolute Gasteiger partial charge is 0.129 e. The minimum atomic E-state index is -0.224. The Hall–Kier alpha value is -0.800. The van der Waals surface area contributed by atoms with Crippen LogP contribution in [0.3, 0.4) is 0 Å². The van der Waals surface area contributed by atoms with E-state index in [1.54, 1.807) is 6.07 Å². The van der Waals surface area contributed by atoms with Gasteiger partial charge in [-0.3, -0.25) is 0 Å². The van der Waals surface area contributed by atoms with Crippen LogP contribution in [-0.4, -0.2) is 26.3 Å². The molecule has 1 aromatic rings. The third-order valence-electron chi connectivity index (χ3n) is 2.79. The molecule has 0 aliphatic carbocycles. The second-order valence-corrected chi connectivity index (χ2v) is 4.09. The van der Waals surface area contributed by atoms with E-state index >= 15 is 0 Å². The lowest BCUT2D eigenvalue weighted by Crippen LogP contribution is -2.27. The van der Waals surface area contributed by atoms with E-state index in [1.807, 2.05) is 6.07 Å². The van der Waals surface area contributed by atoms with Gasteiger partial charge >= 0.3 is 0 Å². The lowest BCUT2D eigenvalue weighted by molar-refractivity contribution is 0.152. The van der Waals surface area contributed by atoms with Gasteiger partial charge < -0.3 is 9.64 Å². The molecular formula is C12H15ClFNO. The summed E-state index contributed by atoms with van der Waals surface area (Å²) in [6.07, 6.45) is 0.970. The van der Waals surface area contributed by atoms with Gasteiger partial charge in [-0.05, 0) is 18.6 Å². The predicted molar refractivity (Wildman–Crippen MR) is 63.6 cm³/mol. The van der Waals surface area contributed by atoms with Crippen molar-refractivity contribution in [2.75, 3.05) is 31.2 Å². The molecule has 2 rings (SSSR count). The molecular weight excluding hydrogens is 229 g/mol. The Kier molecular flexibility index (Phi) is 4.02. The summed E-state index contributed by atoms with van der Waals surface area (Å²) in [5.41, 5.74) is 1.49. The first kappa shape index (κ1) is 11.7. The van der Waals surface area contributed by atoms with Crippen molar-refractivity contribution < 1.29 is 9.13 Å². The number of hydrogen-bond acceptors (Lipinski definition) is 2. The summed E-state index contributed by atoms with van der Waals surface area (Å²) < 4.78 is 18.9. The van der Waals surface area contributed by atoms with Crippen LogP contribution in [0.1, 0.15) is 12.0 Å². The Morgan fingerprint density at radius 1 is 1.31 bits per heavy atom. The normalized spacial score (nSPS) is 17.2. The zero-order chi connectivity index (χ0) is 11.4. The number of benzene rings is 1. The predicted octanol–water partition coefficient (Wildman–Crippen LogP) is 2.79. The Balaban J connectivity index is 2.27. The highest BCUT2D eigenvalue weighted by Crippen LogP contribution is 2.25. The number of anilines is 1. The molecule has 0 atom stereocenters. The molecule has 1 aromatic carbocycles. The van der Waals surface area contributed by atoms with E-state index < -0.39 is 0 Å². The molecule has 88 valence electrons. The summed E-state index contributed by atoms with van der Waals surface area (Å²) in [7, 11) is 0. The first-order valence-electron chi connectivity index (χ1n) is 5.49. The number of rotatable bonds is 2. The van der Waals surface area contributed by atoms with Crippen LogP contribution >= 0.6 is 11.6 Å². The van der Waals surface area contributed by atoms with Crippen molar-refractivity contribution in [1.29, 1.82) is 0 Å². The van der Waals surface area contributed by atoms with Crippen LogP contribution in [0.25, 0.3) is 0 Å². The van der Waals surface area contributed by atoms with E-state index in [1.165, 1.54) is 6.07 Å². The Labute approximate surface area is 100.0 Å². The minimum absolute atomic E-state index is 0.208. The maximum atomic E-state index is 13.6. The van der Waals surface area contributed by atoms with Crippen LogP contribution in [0, 0.1) is 5.82 Å². The van der Waals surface area contributed by atoms with Gasteiger partial charge in [0.1, 0.15) is 5.82 Å². The van der Waals surface area contributed by atoms with Crippen molar-refractivity contribution in [1.82, 2.24) is 0 Å². The van der Waals surface area contributed by atoms with Gasteiger partial charge in [0.15, 0.2) is 0 Å². The van der Waals surface area contributed by atoms with Gasteiger partial charge in [0.05, 0.1) is 12.5 Å². The van der Waals surface area contributed by atoms with E-state index in [9.17, 15) is 4.39 Å². The molecule has 0 spiro atoms. The Morgan fingerprint density at radius 2 is 2.19 bits per heavy atom. The first-order valence-corrected chi connectivity index (χ1v) is 6.02. The van der Waals surface area contributed by atoms with Crippen molar-refractivity contribution >= 4 is 17.3 Å². The van der Waals surface area contributed by atoms with Crippen molar-refractivity contribution in [2.24, 2.45) is 0 Å². The maximum absolute atomic E-state index is 13.6. The van der Waals surface area contributed by atoms with Crippen molar-refractivity contribution in [3.8, 4) is 0 Å². The molecule has 0 aromatic heterocycles. The molecule has 0 bridgehead atoms. The van der Waals surface area contributed by atoms with E-state index in [0.29, 0.717) is 12.2 Å². The van der Waals surface area contributed by atoms with Crippen LogP contribution in [-0.2, 0) is 10.6 Å². The number of ether oxygens (including phenoxy) is 1. The zero-order valence-electron chi connectivity index (χ0n) is 9.09. The topological polar surface area (TPSA) is 12.5 Å². The van der Waals surface area contributed by atoms with Gasteiger partial charge in [-0.2, -0.15) is 0 Å². The largest absolute Gasteiger partial charge is 0.380 e. The summed E-state index contributed by atoms with van der Waals surface area (Å²) in [5.74, 6) is -0.0167. The summed E-state index contributed by atoms with van der Waals surface area (Å²) >= 11 is 5.80. The van der Waals surface area contributed by atoms with Crippen LogP contribution in [0.5, 0.6) is 0 Å². The number of alkyl halides is 1. The highest BCUT2D eigenvalue weighted by atomic mass is 35.5. The fourth-order valence-corrected chi connectivity index (χ4v) is 2.23. The van der Waals surface area contributed by atoms with Gasteiger partial charge in [0, 0.05) is 30.9 Å². The maximum Gasteiger partial charge on any atom is 0.129 e. The molecule has 4 heteroatoms. The molecule has 0 N–H and O–H groups in total. The molecule has 1 saturated heterocycles. The first-order chi connectivity index (χ1) is 7.83. The van der Waals surface area contributed by atoms with E-state index in [-0.39, 0.29) is 11.7 Å². The number of hydrogen-bond donors (Lipinski definition) is 0. The number of nitrogens with zero attached hydrogens (tertiary/aromatic N) is 1. The van der Waals surface area contributed by atoms with Gasteiger partial charge in [-0.25, -0.2) is 4.39 Å². The van der Waals surface area contributed by atoms with Crippen molar-refractivity contribution in [2.45, 2.75) is 12.3 Å². The van der Waals surface area contributed by atoms with Crippen LogP contribution in [0.4, 0.5) is 10.1 Å². The lowest BCUT2D eigenvalue weighted by Gasteiger charge is -2.24.